The van der Waals surface area contributed by atoms with E-state index in [9.17, 15) is 0 Å². The van der Waals surface area contributed by atoms with E-state index in [-0.39, 0.29) is 0 Å². The molecule has 3 heteroatoms. The van der Waals surface area contributed by atoms with E-state index in [0.29, 0.717) is 12.5 Å². The molecule has 17 heavy (non-hydrogen) atoms. The number of hydrogen-bond acceptors (Lipinski definition) is 2. The first kappa shape index (κ1) is 12.4. The quantitative estimate of drug-likeness (QED) is 0.577. The van der Waals surface area contributed by atoms with Gasteiger partial charge in [-0.2, -0.15) is 0 Å². The van der Waals surface area contributed by atoms with E-state index in [1.807, 2.05) is 24.3 Å². The summed E-state index contributed by atoms with van der Waals surface area (Å²) in [4.78, 5) is 5.23. The van der Waals surface area contributed by atoms with E-state index in [0.717, 1.165) is 10.6 Å². The van der Waals surface area contributed by atoms with E-state index in [4.69, 9.17) is 16.4 Å². The van der Waals surface area contributed by atoms with Crippen LogP contribution in [0.5, 0.6) is 0 Å². The van der Waals surface area contributed by atoms with Gasteiger partial charge in [-0.3, -0.25) is 0 Å². The number of halogens is 1. The molecule has 91 valence electrons. The Balaban J connectivity index is 1.71. The highest BCUT2D eigenvalue weighted by Crippen LogP contribution is 2.21. The van der Waals surface area contributed by atoms with Crippen LogP contribution in [0.15, 0.2) is 29.4 Å². The molecule has 0 aliphatic heterocycles. The minimum Gasteiger partial charge on any atom is -0.391 e. The van der Waals surface area contributed by atoms with Gasteiger partial charge in [-0.25, -0.2) is 0 Å². The third-order valence-electron chi connectivity index (χ3n) is 3.05. The predicted octanol–water partition coefficient (Wildman–Crippen LogP) is 4.30. The second kappa shape index (κ2) is 6.65. The van der Waals surface area contributed by atoms with Gasteiger partial charge < -0.3 is 4.84 Å². The minimum atomic E-state index is 0.483. The van der Waals surface area contributed by atoms with Crippen LogP contribution in [0.25, 0.3) is 0 Å². The fourth-order valence-electron chi connectivity index (χ4n) is 2.03. The molecule has 1 radical (unpaired) electrons. The Bertz CT molecular complexity index is 355. The summed E-state index contributed by atoms with van der Waals surface area (Å²) in [5.41, 5.74) is 1.07. The summed E-state index contributed by atoms with van der Waals surface area (Å²) in [5.74, 6) is 0.494. The molecule has 1 aromatic carbocycles. The molecule has 1 aliphatic carbocycles. The van der Waals surface area contributed by atoms with Crippen molar-refractivity contribution in [2.45, 2.75) is 38.7 Å². The van der Waals surface area contributed by atoms with Gasteiger partial charge in [0.05, 0.1) is 0 Å². The average molecular weight is 251 g/mol. The van der Waals surface area contributed by atoms with Crippen LogP contribution in [-0.4, -0.2) is 6.21 Å². The monoisotopic (exact) mass is 250 g/mol. The van der Waals surface area contributed by atoms with Gasteiger partial charge in [-0.05, 0) is 30.5 Å². The van der Waals surface area contributed by atoms with E-state index in [1.54, 1.807) is 0 Å². The Labute approximate surface area is 108 Å². The minimum absolute atomic E-state index is 0.483. The molecule has 0 spiro atoms. The van der Waals surface area contributed by atoms with Gasteiger partial charge in [-0.15, -0.1) is 0 Å². The van der Waals surface area contributed by atoms with Gasteiger partial charge in [0.2, 0.25) is 0 Å². The summed E-state index contributed by atoms with van der Waals surface area (Å²) in [6.07, 6.45) is 9.43. The highest BCUT2D eigenvalue weighted by molar-refractivity contribution is 6.30. The molecule has 0 aromatic heterocycles. The average Bonchev–Trinajstić information content (AvgIpc) is 2.38. The Morgan fingerprint density at radius 3 is 2.59 bits per heavy atom. The zero-order valence-corrected chi connectivity index (χ0v) is 10.6. The SMILES string of the molecule is Clc1ccc(CO/N=[C]\C2CCCCC2)cc1. The van der Waals surface area contributed by atoms with Crippen molar-refractivity contribution in [3.63, 3.8) is 0 Å². The van der Waals surface area contributed by atoms with Gasteiger partial charge >= 0.3 is 0 Å². The summed E-state index contributed by atoms with van der Waals surface area (Å²) >= 11 is 5.80. The topological polar surface area (TPSA) is 21.6 Å². The maximum atomic E-state index is 5.80. The van der Waals surface area contributed by atoms with Crippen LogP contribution in [0.4, 0.5) is 0 Å². The standard InChI is InChI=1S/C14H17ClNO/c15-14-8-6-13(7-9-14)11-17-16-10-12-4-2-1-3-5-12/h6-9,12H,1-5,11H2. The predicted molar refractivity (Wildman–Crippen MR) is 70.3 cm³/mol. The van der Waals surface area contributed by atoms with Gasteiger partial charge in [0.15, 0.2) is 0 Å². The largest absolute Gasteiger partial charge is 0.391 e. The second-order valence-electron chi connectivity index (χ2n) is 4.46. The van der Waals surface area contributed by atoms with Crippen LogP contribution in [0, 0.1) is 5.92 Å². The number of nitrogens with zero attached hydrogens (tertiary/aromatic N) is 1. The molecular weight excluding hydrogens is 234 g/mol. The molecule has 0 atom stereocenters. The highest BCUT2D eigenvalue weighted by atomic mass is 35.5. The molecule has 0 unspecified atom stereocenters. The van der Waals surface area contributed by atoms with Crippen molar-refractivity contribution in [2.24, 2.45) is 11.1 Å². The van der Waals surface area contributed by atoms with Crippen molar-refractivity contribution < 1.29 is 4.84 Å². The summed E-state index contributed by atoms with van der Waals surface area (Å²) in [5, 5.41) is 4.67. The number of benzene rings is 1. The van der Waals surface area contributed by atoms with Crippen LogP contribution in [0.3, 0.4) is 0 Å². The molecule has 1 saturated carbocycles. The molecule has 0 bridgehead atoms. The molecule has 1 aliphatic rings. The molecule has 0 amide bonds. The zero-order chi connectivity index (χ0) is 11.9. The Kier molecular flexibility index (Phi) is 4.87. The van der Waals surface area contributed by atoms with Crippen LogP contribution in [0.1, 0.15) is 37.7 Å². The Morgan fingerprint density at radius 1 is 1.18 bits per heavy atom. The zero-order valence-electron chi connectivity index (χ0n) is 9.86. The molecular formula is C14H17ClNO. The molecule has 2 nitrogen and oxygen atoms in total. The highest BCUT2D eigenvalue weighted by Gasteiger charge is 2.11. The number of hydrogen-bond donors (Lipinski definition) is 0. The van der Waals surface area contributed by atoms with Gasteiger partial charge in [0.1, 0.15) is 12.8 Å². The molecule has 0 heterocycles. The van der Waals surface area contributed by atoms with E-state index < -0.39 is 0 Å². The Morgan fingerprint density at radius 2 is 1.88 bits per heavy atom. The summed E-state index contributed by atoms with van der Waals surface area (Å²) in [6, 6.07) is 7.60. The first-order valence-electron chi connectivity index (χ1n) is 6.16. The molecule has 1 fully saturated rings. The fourth-order valence-corrected chi connectivity index (χ4v) is 2.16. The van der Waals surface area contributed by atoms with Crippen molar-refractivity contribution in [3.8, 4) is 0 Å². The lowest BCUT2D eigenvalue weighted by molar-refractivity contribution is 0.130. The molecule has 0 saturated heterocycles. The van der Waals surface area contributed by atoms with Crippen LogP contribution in [0.2, 0.25) is 5.02 Å². The summed E-state index contributed by atoms with van der Waals surface area (Å²) in [6.45, 7) is 0.483. The van der Waals surface area contributed by atoms with Crippen LogP contribution in [-0.2, 0) is 11.4 Å². The van der Waals surface area contributed by atoms with E-state index >= 15 is 0 Å². The lowest BCUT2D eigenvalue weighted by Crippen LogP contribution is -2.07. The fraction of sp³-hybridized carbons (Fsp3) is 0.500. The van der Waals surface area contributed by atoms with Gasteiger partial charge in [0, 0.05) is 10.9 Å². The summed E-state index contributed by atoms with van der Waals surface area (Å²) < 4.78 is 0. The third-order valence-corrected chi connectivity index (χ3v) is 3.30. The number of rotatable bonds is 4. The van der Waals surface area contributed by atoms with Crippen molar-refractivity contribution in [2.75, 3.05) is 0 Å². The Hall–Kier alpha value is -1.02. The third kappa shape index (κ3) is 4.39. The lowest BCUT2D eigenvalue weighted by Gasteiger charge is -2.15. The molecule has 2 rings (SSSR count). The molecule has 0 N–H and O–H groups in total. The molecule has 1 aromatic rings. The normalized spacial score (nSPS) is 17.5. The van der Waals surface area contributed by atoms with Crippen molar-refractivity contribution in [1.29, 1.82) is 0 Å². The van der Waals surface area contributed by atoms with Gasteiger partial charge in [0.25, 0.3) is 0 Å². The smallest absolute Gasteiger partial charge is 0.142 e. The van der Waals surface area contributed by atoms with E-state index in [2.05, 4.69) is 11.4 Å². The van der Waals surface area contributed by atoms with E-state index in [1.165, 1.54) is 32.1 Å². The maximum absolute atomic E-state index is 5.80. The van der Waals surface area contributed by atoms with Crippen molar-refractivity contribution in [3.05, 3.63) is 34.9 Å². The van der Waals surface area contributed by atoms with Gasteiger partial charge in [-0.1, -0.05) is 48.2 Å². The maximum Gasteiger partial charge on any atom is 0.142 e. The second-order valence-corrected chi connectivity index (χ2v) is 4.89. The first-order valence-corrected chi connectivity index (χ1v) is 6.54. The van der Waals surface area contributed by atoms with Crippen molar-refractivity contribution in [1.82, 2.24) is 0 Å². The van der Waals surface area contributed by atoms with Crippen molar-refractivity contribution >= 4 is 17.8 Å². The first-order chi connectivity index (χ1) is 8.34. The van der Waals surface area contributed by atoms with Crippen LogP contribution < -0.4 is 0 Å². The van der Waals surface area contributed by atoms with Crippen LogP contribution >= 0.6 is 11.6 Å². The summed E-state index contributed by atoms with van der Waals surface area (Å²) in [7, 11) is 0. The lowest BCUT2D eigenvalue weighted by atomic mass is 9.90.